The summed E-state index contributed by atoms with van der Waals surface area (Å²) < 4.78 is 0. The fraction of sp³-hybridized carbons (Fsp3) is 0.889. The van der Waals surface area contributed by atoms with Gasteiger partial charge in [-0.05, 0) is 26.4 Å². The zero-order chi connectivity index (χ0) is 9.84. The first-order chi connectivity index (χ1) is 6.11. The van der Waals surface area contributed by atoms with E-state index >= 15 is 0 Å². The van der Waals surface area contributed by atoms with Crippen molar-refractivity contribution in [1.82, 2.24) is 4.90 Å². The number of aliphatic carboxylic acids is 1. The summed E-state index contributed by atoms with van der Waals surface area (Å²) in [5.41, 5.74) is 0. The molecule has 76 valence electrons. The fourth-order valence-electron chi connectivity index (χ4n) is 1.83. The highest BCUT2D eigenvalue weighted by Crippen LogP contribution is 2.18. The Labute approximate surface area is 78.2 Å². The van der Waals surface area contributed by atoms with E-state index in [1.54, 1.807) is 0 Å². The van der Waals surface area contributed by atoms with Crippen molar-refractivity contribution in [3.8, 4) is 0 Å². The Balaban J connectivity index is 2.51. The second-order valence-electron chi connectivity index (χ2n) is 3.80. The number of nitrogens with zero attached hydrogens (tertiary/aromatic N) is 1. The molecule has 4 nitrogen and oxygen atoms in total. The van der Waals surface area contributed by atoms with Crippen LogP contribution in [0, 0.1) is 5.92 Å². The number of aliphatic hydroxyl groups is 1. The van der Waals surface area contributed by atoms with E-state index in [0.29, 0.717) is 6.54 Å². The lowest BCUT2D eigenvalue weighted by Crippen LogP contribution is -2.36. The number of carboxylic acids is 1. The van der Waals surface area contributed by atoms with Gasteiger partial charge < -0.3 is 15.1 Å². The highest BCUT2D eigenvalue weighted by atomic mass is 16.4. The third-order valence-corrected chi connectivity index (χ3v) is 2.61. The van der Waals surface area contributed by atoms with E-state index in [1.807, 2.05) is 7.05 Å². The van der Waals surface area contributed by atoms with Crippen LogP contribution in [0.1, 0.15) is 19.3 Å². The number of likely N-dealkylation sites (tertiary alicyclic amines) is 1. The van der Waals surface area contributed by atoms with Crippen molar-refractivity contribution in [2.24, 2.45) is 5.92 Å². The molecule has 4 heteroatoms. The Bertz CT molecular complexity index is 184. The molecule has 2 unspecified atom stereocenters. The van der Waals surface area contributed by atoms with Crippen LogP contribution in [0.4, 0.5) is 0 Å². The van der Waals surface area contributed by atoms with Gasteiger partial charge in [-0.3, -0.25) is 0 Å². The van der Waals surface area contributed by atoms with Crippen LogP contribution in [0.2, 0.25) is 0 Å². The molecule has 1 fully saturated rings. The Kier molecular flexibility index (Phi) is 3.69. The first kappa shape index (κ1) is 10.5. The van der Waals surface area contributed by atoms with Gasteiger partial charge in [0, 0.05) is 12.5 Å². The molecule has 2 N–H and O–H groups in total. The average Bonchev–Trinajstić information content (AvgIpc) is 2.28. The molecule has 0 saturated carbocycles. The van der Waals surface area contributed by atoms with Crippen molar-refractivity contribution in [3.63, 3.8) is 0 Å². The highest BCUT2D eigenvalue weighted by Gasteiger charge is 2.27. The van der Waals surface area contributed by atoms with Gasteiger partial charge in [0.15, 0.2) is 6.10 Å². The predicted octanol–water partition coefficient (Wildman–Crippen LogP) is 0.164. The molecule has 0 aromatic carbocycles. The third kappa shape index (κ3) is 2.97. The smallest absolute Gasteiger partial charge is 0.332 e. The van der Waals surface area contributed by atoms with Gasteiger partial charge >= 0.3 is 5.97 Å². The minimum Gasteiger partial charge on any atom is -0.479 e. The number of hydrogen-bond donors (Lipinski definition) is 2. The lowest BCUT2D eigenvalue weighted by molar-refractivity contribution is -0.150. The van der Waals surface area contributed by atoms with E-state index in [9.17, 15) is 9.90 Å². The van der Waals surface area contributed by atoms with Crippen molar-refractivity contribution in [1.29, 1.82) is 0 Å². The molecule has 1 heterocycles. The highest BCUT2D eigenvalue weighted by molar-refractivity contribution is 5.72. The molecule has 0 spiro atoms. The van der Waals surface area contributed by atoms with E-state index in [4.69, 9.17) is 5.11 Å². The maximum Gasteiger partial charge on any atom is 0.332 e. The van der Waals surface area contributed by atoms with Gasteiger partial charge in [0.05, 0.1) is 0 Å². The van der Waals surface area contributed by atoms with E-state index in [0.717, 1.165) is 25.8 Å². The maximum atomic E-state index is 10.5. The lowest BCUT2D eigenvalue weighted by Gasteiger charge is -2.21. The second kappa shape index (κ2) is 4.58. The summed E-state index contributed by atoms with van der Waals surface area (Å²) in [6.07, 6.45) is 1.73. The fourth-order valence-corrected chi connectivity index (χ4v) is 1.83. The Hall–Kier alpha value is -0.610. The first-order valence-electron chi connectivity index (χ1n) is 4.70. The van der Waals surface area contributed by atoms with Gasteiger partial charge in [0.2, 0.25) is 0 Å². The second-order valence-corrected chi connectivity index (χ2v) is 3.80. The van der Waals surface area contributed by atoms with Gasteiger partial charge in [-0.2, -0.15) is 0 Å². The van der Waals surface area contributed by atoms with Crippen LogP contribution >= 0.6 is 0 Å². The monoisotopic (exact) mass is 187 g/mol. The van der Waals surface area contributed by atoms with Gasteiger partial charge in [-0.25, -0.2) is 4.79 Å². The molecule has 0 aromatic heterocycles. The number of carboxylic acid groups (broad SMARTS) is 1. The van der Waals surface area contributed by atoms with Gasteiger partial charge in [0.25, 0.3) is 0 Å². The van der Waals surface area contributed by atoms with Crippen molar-refractivity contribution in [3.05, 3.63) is 0 Å². The van der Waals surface area contributed by atoms with Crippen LogP contribution in [0.3, 0.4) is 0 Å². The van der Waals surface area contributed by atoms with E-state index in [2.05, 4.69) is 4.90 Å². The third-order valence-electron chi connectivity index (χ3n) is 2.61. The van der Waals surface area contributed by atoms with Crippen molar-refractivity contribution < 1.29 is 15.0 Å². The quantitative estimate of drug-likeness (QED) is 0.646. The number of aliphatic hydroxyl groups excluding tert-OH is 1. The molecular weight excluding hydrogens is 170 g/mol. The summed E-state index contributed by atoms with van der Waals surface area (Å²) in [6, 6.07) is 0. The van der Waals surface area contributed by atoms with Crippen LogP contribution in [0.25, 0.3) is 0 Å². The molecule has 2 atom stereocenters. The summed E-state index contributed by atoms with van der Waals surface area (Å²) >= 11 is 0. The number of hydrogen-bond acceptors (Lipinski definition) is 3. The largest absolute Gasteiger partial charge is 0.479 e. The molecular formula is C9H17NO3. The molecule has 13 heavy (non-hydrogen) atoms. The van der Waals surface area contributed by atoms with Crippen molar-refractivity contribution in [2.75, 3.05) is 20.1 Å². The van der Waals surface area contributed by atoms with Crippen molar-refractivity contribution in [2.45, 2.75) is 25.4 Å². The van der Waals surface area contributed by atoms with Gasteiger partial charge in [0.1, 0.15) is 0 Å². The Morgan fingerprint density at radius 2 is 2.23 bits per heavy atom. The minimum absolute atomic E-state index is 0.106. The van der Waals surface area contributed by atoms with Crippen molar-refractivity contribution >= 4 is 5.97 Å². The van der Waals surface area contributed by atoms with Crippen LogP contribution in [0.5, 0.6) is 0 Å². The Morgan fingerprint density at radius 3 is 2.85 bits per heavy atom. The van der Waals surface area contributed by atoms with Crippen LogP contribution in [0.15, 0.2) is 0 Å². The summed E-state index contributed by atoms with van der Waals surface area (Å²) in [5.74, 6) is -1.20. The molecule has 0 bridgehead atoms. The summed E-state index contributed by atoms with van der Waals surface area (Å²) in [6.45, 7) is 1.69. The number of rotatable bonds is 2. The van der Waals surface area contributed by atoms with Crippen LogP contribution < -0.4 is 0 Å². The Morgan fingerprint density at radius 1 is 1.54 bits per heavy atom. The molecule has 0 amide bonds. The number of carbonyl (C=O) groups is 1. The SMILES string of the molecule is CN1CCCCC(C(O)C(=O)O)C1. The summed E-state index contributed by atoms with van der Waals surface area (Å²) in [7, 11) is 1.97. The van der Waals surface area contributed by atoms with E-state index in [1.165, 1.54) is 0 Å². The molecule has 1 rings (SSSR count). The van der Waals surface area contributed by atoms with Crippen LogP contribution in [-0.2, 0) is 4.79 Å². The van der Waals surface area contributed by atoms with Gasteiger partial charge in [-0.1, -0.05) is 6.42 Å². The topological polar surface area (TPSA) is 60.8 Å². The minimum atomic E-state index is -1.19. The van der Waals surface area contributed by atoms with E-state index < -0.39 is 12.1 Å². The summed E-state index contributed by atoms with van der Waals surface area (Å²) in [4.78, 5) is 12.6. The summed E-state index contributed by atoms with van der Waals surface area (Å²) in [5, 5.41) is 18.0. The lowest BCUT2D eigenvalue weighted by atomic mass is 9.97. The zero-order valence-corrected chi connectivity index (χ0v) is 7.94. The molecule has 0 radical (unpaired) electrons. The normalized spacial score (nSPS) is 28.0. The average molecular weight is 187 g/mol. The molecule has 1 aliphatic rings. The molecule has 1 saturated heterocycles. The van der Waals surface area contributed by atoms with Crippen LogP contribution in [-0.4, -0.2) is 47.3 Å². The van der Waals surface area contributed by atoms with E-state index in [-0.39, 0.29) is 5.92 Å². The molecule has 0 aromatic rings. The first-order valence-corrected chi connectivity index (χ1v) is 4.70. The zero-order valence-electron chi connectivity index (χ0n) is 7.94. The predicted molar refractivity (Wildman–Crippen MR) is 48.5 cm³/mol. The van der Waals surface area contributed by atoms with Gasteiger partial charge in [-0.15, -0.1) is 0 Å². The molecule has 1 aliphatic heterocycles. The maximum absolute atomic E-state index is 10.5. The molecule has 0 aliphatic carbocycles. The standard InChI is InChI=1S/C9H17NO3/c1-10-5-3-2-4-7(6-10)8(11)9(12)13/h7-8,11H,2-6H2,1H3,(H,12,13).